The topological polar surface area (TPSA) is 81.1 Å². The fraction of sp³-hybridized carbons (Fsp3) is 0.471. The Labute approximate surface area is 141 Å². The molecule has 2 N–H and O–H groups in total. The van der Waals surface area contributed by atoms with E-state index in [1.165, 1.54) is 0 Å². The molecule has 2 heterocycles. The lowest BCUT2D eigenvalue weighted by Crippen LogP contribution is -2.47. The molecule has 1 fully saturated rings. The molecule has 0 bridgehead atoms. The number of benzene rings is 1. The molecular formula is C17H23N5O2. The minimum atomic E-state index is -0.0562. The number of hydrogen-bond acceptors (Lipinski definition) is 5. The summed E-state index contributed by atoms with van der Waals surface area (Å²) in [5, 5.41) is 14.0. The summed E-state index contributed by atoms with van der Waals surface area (Å²) in [4.78, 5) is 12.4. The highest BCUT2D eigenvalue weighted by atomic mass is 16.5. The van der Waals surface area contributed by atoms with Crippen LogP contribution in [0, 0.1) is 5.41 Å². The highest BCUT2D eigenvalue weighted by molar-refractivity contribution is 5.94. The minimum Gasteiger partial charge on any atom is -0.384 e. The SMILES string of the molecule is COCC1(CNC(=O)c2ccc(-n3cnnc3)cc2)CCNCC1. The van der Waals surface area contributed by atoms with Gasteiger partial charge in [-0.1, -0.05) is 0 Å². The van der Waals surface area contributed by atoms with Crippen molar-refractivity contribution in [3.63, 3.8) is 0 Å². The molecule has 1 amide bonds. The van der Waals surface area contributed by atoms with Crippen molar-refractivity contribution in [2.45, 2.75) is 12.8 Å². The van der Waals surface area contributed by atoms with Gasteiger partial charge in [-0.15, -0.1) is 10.2 Å². The maximum atomic E-state index is 12.4. The van der Waals surface area contributed by atoms with E-state index in [1.54, 1.807) is 24.3 Å². The summed E-state index contributed by atoms with van der Waals surface area (Å²) in [5.41, 5.74) is 1.59. The zero-order chi connectivity index (χ0) is 16.8. The average Bonchev–Trinajstić information content (AvgIpc) is 3.16. The molecule has 7 heteroatoms. The van der Waals surface area contributed by atoms with Gasteiger partial charge in [-0.3, -0.25) is 9.36 Å². The van der Waals surface area contributed by atoms with Crippen molar-refractivity contribution < 1.29 is 9.53 Å². The molecule has 2 aromatic rings. The Hall–Kier alpha value is -2.25. The molecule has 1 saturated heterocycles. The Balaban J connectivity index is 1.62. The van der Waals surface area contributed by atoms with Crippen molar-refractivity contribution >= 4 is 5.91 Å². The van der Waals surface area contributed by atoms with Gasteiger partial charge >= 0.3 is 0 Å². The van der Waals surface area contributed by atoms with Crippen LogP contribution in [0.4, 0.5) is 0 Å². The Morgan fingerprint density at radius 2 is 1.92 bits per heavy atom. The third-order valence-corrected chi connectivity index (χ3v) is 4.59. The predicted octanol–water partition coefficient (Wildman–Crippen LogP) is 1.01. The zero-order valence-electron chi connectivity index (χ0n) is 13.9. The van der Waals surface area contributed by atoms with Crippen LogP contribution < -0.4 is 10.6 Å². The number of carbonyl (C=O) groups is 1. The van der Waals surface area contributed by atoms with Crippen LogP contribution in [0.1, 0.15) is 23.2 Å². The molecule has 0 atom stereocenters. The number of hydrogen-bond donors (Lipinski definition) is 2. The quantitative estimate of drug-likeness (QED) is 0.827. The number of piperidine rings is 1. The predicted molar refractivity (Wildman–Crippen MR) is 90.1 cm³/mol. The number of amides is 1. The first kappa shape index (κ1) is 16.6. The summed E-state index contributed by atoms with van der Waals surface area (Å²) in [6.07, 6.45) is 5.27. The van der Waals surface area contributed by atoms with Crippen LogP contribution in [-0.2, 0) is 4.74 Å². The number of aromatic nitrogens is 3. The normalized spacial score (nSPS) is 16.7. The molecule has 0 unspecified atom stereocenters. The van der Waals surface area contributed by atoms with Crippen LogP contribution in [-0.4, -0.2) is 54.0 Å². The first-order valence-corrected chi connectivity index (χ1v) is 8.15. The van der Waals surface area contributed by atoms with E-state index in [0.717, 1.165) is 31.6 Å². The summed E-state index contributed by atoms with van der Waals surface area (Å²) < 4.78 is 7.18. The maximum Gasteiger partial charge on any atom is 0.251 e. The highest BCUT2D eigenvalue weighted by Gasteiger charge is 2.32. The zero-order valence-corrected chi connectivity index (χ0v) is 13.9. The van der Waals surface area contributed by atoms with Gasteiger partial charge in [0.2, 0.25) is 0 Å². The van der Waals surface area contributed by atoms with Crippen molar-refractivity contribution in [3.8, 4) is 5.69 Å². The van der Waals surface area contributed by atoms with Gasteiger partial charge in [-0.05, 0) is 50.2 Å². The number of rotatable bonds is 6. The number of nitrogens with one attached hydrogen (secondary N) is 2. The Kier molecular flexibility index (Phi) is 5.22. The van der Waals surface area contributed by atoms with Crippen LogP contribution >= 0.6 is 0 Å². The van der Waals surface area contributed by atoms with Crippen molar-refractivity contribution in [1.29, 1.82) is 0 Å². The number of nitrogens with zero attached hydrogens (tertiary/aromatic N) is 3. The third-order valence-electron chi connectivity index (χ3n) is 4.59. The van der Waals surface area contributed by atoms with E-state index >= 15 is 0 Å². The van der Waals surface area contributed by atoms with Gasteiger partial charge in [0.05, 0.1) is 6.61 Å². The Bertz CT molecular complexity index is 643. The largest absolute Gasteiger partial charge is 0.384 e. The fourth-order valence-electron chi connectivity index (χ4n) is 3.12. The van der Waals surface area contributed by atoms with Crippen molar-refractivity contribution in [2.24, 2.45) is 5.41 Å². The molecule has 24 heavy (non-hydrogen) atoms. The van der Waals surface area contributed by atoms with E-state index in [2.05, 4.69) is 20.8 Å². The molecule has 1 aliphatic rings. The molecule has 1 aromatic carbocycles. The second-order valence-electron chi connectivity index (χ2n) is 6.28. The molecule has 128 valence electrons. The van der Waals surface area contributed by atoms with E-state index < -0.39 is 0 Å². The number of carbonyl (C=O) groups excluding carboxylic acids is 1. The van der Waals surface area contributed by atoms with Gasteiger partial charge in [0.1, 0.15) is 12.7 Å². The molecule has 1 aliphatic heterocycles. The first-order chi connectivity index (χ1) is 11.7. The minimum absolute atomic E-state index is 0.0259. The fourth-order valence-corrected chi connectivity index (χ4v) is 3.12. The van der Waals surface area contributed by atoms with Crippen molar-refractivity contribution in [1.82, 2.24) is 25.4 Å². The lowest BCUT2D eigenvalue weighted by Gasteiger charge is -2.37. The summed E-state index contributed by atoms with van der Waals surface area (Å²) in [6.45, 7) is 3.23. The molecule has 1 aromatic heterocycles. The molecule has 0 saturated carbocycles. The van der Waals surface area contributed by atoms with E-state index in [4.69, 9.17) is 4.74 Å². The van der Waals surface area contributed by atoms with E-state index in [1.807, 2.05) is 24.3 Å². The van der Waals surface area contributed by atoms with E-state index in [9.17, 15) is 4.79 Å². The van der Waals surface area contributed by atoms with E-state index in [0.29, 0.717) is 18.7 Å². The van der Waals surface area contributed by atoms with Crippen molar-refractivity contribution in [3.05, 3.63) is 42.5 Å². The number of methoxy groups -OCH3 is 1. The molecule has 0 aliphatic carbocycles. The molecule has 3 rings (SSSR count). The van der Waals surface area contributed by atoms with Gasteiger partial charge in [-0.2, -0.15) is 0 Å². The Morgan fingerprint density at radius 1 is 1.25 bits per heavy atom. The van der Waals surface area contributed by atoms with Crippen LogP contribution in [0.2, 0.25) is 0 Å². The van der Waals surface area contributed by atoms with Gasteiger partial charge in [0, 0.05) is 30.3 Å². The van der Waals surface area contributed by atoms with Gasteiger partial charge in [-0.25, -0.2) is 0 Å². The second kappa shape index (κ2) is 7.55. The third kappa shape index (κ3) is 3.80. The highest BCUT2D eigenvalue weighted by Crippen LogP contribution is 2.28. The second-order valence-corrected chi connectivity index (χ2v) is 6.28. The Morgan fingerprint density at radius 3 is 2.54 bits per heavy atom. The lowest BCUT2D eigenvalue weighted by molar-refractivity contribution is 0.0512. The molecule has 0 spiro atoms. The standard InChI is InChI=1S/C17H23N5O2/c1-24-11-17(6-8-18-9-7-17)10-19-16(23)14-2-4-15(5-3-14)22-12-20-21-13-22/h2-5,12-13,18H,6-11H2,1H3,(H,19,23). The molecular weight excluding hydrogens is 306 g/mol. The average molecular weight is 329 g/mol. The summed E-state index contributed by atoms with van der Waals surface area (Å²) in [5.74, 6) is -0.0562. The summed E-state index contributed by atoms with van der Waals surface area (Å²) in [6, 6.07) is 7.40. The van der Waals surface area contributed by atoms with Gasteiger partial charge in [0.25, 0.3) is 5.91 Å². The number of ether oxygens (including phenoxy) is 1. The first-order valence-electron chi connectivity index (χ1n) is 8.15. The summed E-state index contributed by atoms with van der Waals surface area (Å²) in [7, 11) is 1.72. The molecule has 0 radical (unpaired) electrons. The van der Waals surface area contributed by atoms with Gasteiger partial charge in [0.15, 0.2) is 0 Å². The van der Waals surface area contributed by atoms with Gasteiger partial charge < -0.3 is 15.4 Å². The van der Waals surface area contributed by atoms with Crippen LogP contribution in [0.25, 0.3) is 5.69 Å². The van der Waals surface area contributed by atoms with Crippen LogP contribution in [0.15, 0.2) is 36.9 Å². The lowest BCUT2D eigenvalue weighted by atomic mass is 9.79. The van der Waals surface area contributed by atoms with Crippen LogP contribution in [0.5, 0.6) is 0 Å². The van der Waals surface area contributed by atoms with E-state index in [-0.39, 0.29) is 11.3 Å². The maximum absolute atomic E-state index is 12.4. The monoisotopic (exact) mass is 329 g/mol. The van der Waals surface area contributed by atoms with Crippen molar-refractivity contribution in [2.75, 3.05) is 33.4 Å². The molecule has 7 nitrogen and oxygen atoms in total. The van der Waals surface area contributed by atoms with Crippen LogP contribution in [0.3, 0.4) is 0 Å². The smallest absolute Gasteiger partial charge is 0.251 e. The summed E-state index contributed by atoms with van der Waals surface area (Å²) >= 11 is 0.